The summed E-state index contributed by atoms with van der Waals surface area (Å²) in [5, 5.41) is 19.2. The first kappa shape index (κ1) is 20.8. The molecule has 3 aliphatic heterocycles. The molecular weight excluding hydrogens is 364 g/mol. The van der Waals surface area contributed by atoms with E-state index in [0.717, 1.165) is 12.8 Å². The molecule has 0 aromatic heterocycles. The number of β-amino-alcohol motifs (C(OH)–C–C–N with tert-alkyl or cyclic N) is 1. The van der Waals surface area contributed by atoms with Gasteiger partial charge < -0.3 is 24.7 Å². The van der Waals surface area contributed by atoms with Crippen LogP contribution in [0.3, 0.4) is 0 Å². The average Bonchev–Trinajstić information content (AvgIpc) is 3.28. The minimum Gasteiger partial charge on any atom is -0.481 e. The Morgan fingerprint density at radius 3 is 2.79 bits per heavy atom. The van der Waals surface area contributed by atoms with Gasteiger partial charge in [-0.1, -0.05) is 19.4 Å². The summed E-state index contributed by atoms with van der Waals surface area (Å²) in [6.45, 7) is 7.77. The van der Waals surface area contributed by atoms with E-state index in [2.05, 4.69) is 6.58 Å². The molecule has 0 aliphatic carbocycles. The molecule has 8 heteroatoms. The second kappa shape index (κ2) is 7.83. The van der Waals surface area contributed by atoms with E-state index in [1.54, 1.807) is 11.0 Å². The largest absolute Gasteiger partial charge is 0.481 e. The average molecular weight is 394 g/mol. The SMILES string of the molecule is C=CCN(C(=O)C1N(CCO)C(=O)[C@@H]2[C@H](C(=O)O)[C@@H]3CCC12O3)C(C)CCC. The van der Waals surface area contributed by atoms with Crippen LogP contribution in [0, 0.1) is 11.8 Å². The van der Waals surface area contributed by atoms with E-state index in [9.17, 15) is 24.6 Å². The third-order valence-electron chi connectivity index (χ3n) is 6.51. The van der Waals surface area contributed by atoms with E-state index in [4.69, 9.17) is 4.74 Å². The predicted molar refractivity (Wildman–Crippen MR) is 100 cm³/mol. The summed E-state index contributed by atoms with van der Waals surface area (Å²) in [6, 6.07) is -0.961. The molecule has 0 saturated carbocycles. The number of carboxylic acid groups (broad SMARTS) is 1. The van der Waals surface area contributed by atoms with Gasteiger partial charge >= 0.3 is 5.97 Å². The van der Waals surface area contributed by atoms with Gasteiger partial charge in [-0.25, -0.2) is 0 Å². The maximum Gasteiger partial charge on any atom is 0.310 e. The van der Waals surface area contributed by atoms with Crippen molar-refractivity contribution in [1.29, 1.82) is 0 Å². The minimum atomic E-state index is -1.12. The van der Waals surface area contributed by atoms with Crippen LogP contribution >= 0.6 is 0 Å². The van der Waals surface area contributed by atoms with Crippen LogP contribution in [0.2, 0.25) is 0 Å². The van der Waals surface area contributed by atoms with Crippen LogP contribution in [0.15, 0.2) is 12.7 Å². The molecule has 3 rings (SSSR count). The van der Waals surface area contributed by atoms with Crippen LogP contribution in [0.4, 0.5) is 0 Å². The first-order chi connectivity index (χ1) is 13.3. The number of amides is 2. The van der Waals surface area contributed by atoms with E-state index < -0.39 is 41.5 Å². The number of aliphatic hydroxyl groups excluding tert-OH is 1. The number of hydrogen-bond donors (Lipinski definition) is 2. The van der Waals surface area contributed by atoms with Gasteiger partial charge in [-0.2, -0.15) is 0 Å². The Labute approximate surface area is 165 Å². The standard InChI is InChI=1S/C20H30N2O6/c1-4-6-12(3)21(9-5-2)18(25)16-20-8-7-13(28-20)14(19(26)27)15(20)17(24)22(16)10-11-23/h5,12-16,23H,2,4,6-11H2,1,3H3,(H,26,27)/t12?,13-,14+,15-,16?,20?/m0/s1. The summed E-state index contributed by atoms with van der Waals surface area (Å²) >= 11 is 0. The molecule has 1 spiro atoms. The maximum atomic E-state index is 13.7. The number of carbonyl (C=O) groups is 3. The maximum absolute atomic E-state index is 13.7. The smallest absolute Gasteiger partial charge is 0.310 e. The van der Waals surface area contributed by atoms with Crippen LogP contribution in [0.25, 0.3) is 0 Å². The molecule has 2 bridgehead atoms. The summed E-state index contributed by atoms with van der Waals surface area (Å²) < 4.78 is 6.11. The van der Waals surface area contributed by atoms with Crippen LogP contribution in [-0.2, 0) is 19.1 Å². The molecule has 3 unspecified atom stereocenters. The fourth-order valence-corrected chi connectivity index (χ4v) is 5.42. The number of hydrogen-bond acceptors (Lipinski definition) is 5. The summed E-state index contributed by atoms with van der Waals surface area (Å²) in [7, 11) is 0. The number of aliphatic carboxylic acids is 1. The van der Waals surface area contributed by atoms with Gasteiger partial charge in [0.15, 0.2) is 0 Å². The summed E-state index contributed by atoms with van der Waals surface area (Å²) in [4.78, 5) is 41.7. The normalized spacial score (nSPS) is 34.4. The molecular formula is C20H30N2O6. The van der Waals surface area contributed by atoms with Gasteiger partial charge in [0.25, 0.3) is 0 Å². The highest BCUT2D eigenvalue weighted by atomic mass is 16.5. The number of fused-ring (bicyclic) bond motifs is 1. The molecule has 3 fully saturated rings. The molecule has 2 N–H and O–H groups in total. The zero-order chi connectivity index (χ0) is 20.6. The summed E-state index contributed by atoms with van der Waals surface area (Å²) in [5.74, 6) is -3.54. The number of rotatable bonds is 9. The Bertz CT molecular complexity index is 667. The van der Waals surface area contributed by atoms with E-state index >= 15 is 0 Å². The number of likely N-dealkylation sites (tertiary alicyclic amines) is 1. The Balaban J connectivity index is 2.01. The van der Waals surface area contributed by atoms with Crippen molar-refractivity contribution in [2.75, 3.05) is 19.7 Å². The monoisotopic (exact) mass is 394 g/mol. The molecule has 3 saturated heterocycles. The molecule has 156 valence electrons. The Morgan fingerprint density at radius 1 is 1.50 bits per heavy atom. The molecule has 28 heavy (non-hydrogen) atoms. The molecule has 0 aromatic rings. The third kappa shape index (κ3) is 2.93. The zero-order valence-corrected chi connectivity index (χ0v) is 16.5. The van der Waals surface area contributed by atoms with Crippen molar-refractivity contribution in [3.8, 4) is 0 Å². The highest BCUT2D eigenvalue weighted by Gasteiger charge is 2.74. The predicted octanol–water partition coefficient (Wildman–Crippen LogP) is 0.641. The van der Waals surface area contributed by atoms with Crippen molar-refractivity contribution in [3.05, 3.63) is 12.7 Å². The number of carbonyl (C=O) groups excluding carboxylic acids is 2. The first-order valence-corrected chi connectivity index (χ1v) is 10.1. The van der Waals surface area contributed by atoms with Gasteiger partial charge in [0.05, 0.1) is 24.5 Å². The van der Waals surface area contributed by atoms with Crippen LogP contribution in [0.1, 0.15) is 39.5 Å². The number of carboxylic acids is 1. The van der Waals surface area contributed by atoms with Crippen molar-refractivity contribution < 1.29 is 29.3 Å². The molecule has 3 heterocycles. The molecule has 6 atom stereocenters. The van der Waals surface area contributed by atoms with Gasteiger partial charge in [-0.05, 0) is 26.2 Å². The van der Waals surface area contributed by atoms with Crippen LogP contribution < -0.4 is 0 Å². The molecule has 0 aromatic carbocycles. The van der Waals surface area contributed by atoms with Gasteiger partial charge in [0.2, 0.25) is 11.8 Å². The fraction of sp³-hybridized carbons (Fsp3) is 0.750. The first-order valence-electron chi connectivity index (χ1n) is 10.1. The Hall–Kier alpha value is -1.93. The lowest BCUT2D eigenvalue weighted by Crippen LogP contribution is -2.58. The zero-order valence-electron chi connectivity index (χ0n) is 16.5. The summed E-state index contributed by atoms with van der Waals surface area (Å²) in [5.41, 5.74) is -1.12. The van der Waals surface area contributed by atoms with Crippen molar-refractivity contribution in [2.45, 2.75) is 63.3 Å². The van der Waals surface area contributed by atoms with Gasteiger partial charge in [-0.15, -0.1) is 6.58 Å². The van der Waals surface area contributed by atoms with Gasteiger partial charge in [0.1, 0.15) is 11.6 Å². The number of ether oxygens (including phenoxy) is 1. The molecule has 3 aliphatic rings. The van der Waals surface area contributed by atoms with Crippen molar-refractivity contribution >= 4 is 17.8 Å². The topological polar surface area (TPSA) is 107 Å². The molecule has 0 radical (unpaired) electrons. The highest BCUT2D eigenvalue weighted by molar-refractivity contribution is 5.98. The van der Waals surface area contributed by atoms with Crippen molar-refractivity contribution in [2.24, 2.45) is 11.8 Å². The van der Waals surface area contributed by atoms with E-state index in [0.29, 0.717) is 19.4 Å². The fourth-order valence-electron chi connectivity index (χ4n) is 5.42. The lowest BCUT2D eigenvalue weighted by Gasteiger charge is -2.38. The number of aliphatic hydroxyl groups is 1. The Kier molecular flexibility index (Phi) is 5.82. The third-order valence-corrected chi connectivity index (χ3v) is 6.51. The van der Waals surface area contributed by atoms with E-state index in [1.165, 1.54) is 4.90 Å². The van der Waals surface area contributed by atoms with Gasteiger partial charge in [0, 0.05) is 19.1 Å². The Morgan fingerprint density at radius 2 is 2.21 bits per heavy atom. The lowest BCUT2D eigenvalue weighted by molar-refractivity contribution is -0.151. The van der Waals surface area contributed by atoms with Crippen molar-refractivity contribution in [3.63, 3.8) is 0 Å². The molecule has 8 nitrogen and oxygen atoms in total. The number of nitrogens with zero attached hydrogens (tertiary/aromatic N) is 2. The quantitative estimate of drug-likeness (QED) is 0.556. The summed E-state index contributed by atoms with van der Waals surface area (Å²) in [6.07, 6.45) is 3.81. The second-order valence-electron chi connectivity index (χ2n) is 8.07. The molecule has 2 amide bonds. The lowest BCUT2D eigenvalue weighted by atomic mass is 9.70. The van der Waals surface area contributed by atoms with Gasteiger partial charge in [-0.3, -0.25) is 14.4 Å². The van der Waals surface area contributed by atoms with Crippen LogP contribution in [0.5, 0.6) is 0 Å². The highest BCUT2D eigenvalue weighted by Crippen LogP contribution is 2.58. The van der Waals surface area contributed by atoms with E-state index in [-0.39, 0.29) is 25.1 Å². The van der Waals surface area contributed by atoms with E-state index in [1.807, 2.05) is 13.8 Å². The minimum absolute atomic E-state index is 0.0159. The second-order valence-corrected chi connectivity index (χ2v) is 8.07. The van der Waals surface area contributed by atoms with Crippen LogP contribution in [-0.4, -0.2) is 81.3 Å². The van der Waals surface area contributed by atoms with Crippen molar-refractivity contribution in [1.82, 2.24) is 9.80 Å².